The third-order valence-corrected chi connectivity index (χ3v) is 6.15. The number of hydrogen-bond donors (Lipinski definition) is 2. The molecule has 0 amide bonds. The van der Waals surface area contributed by atoms with Crippen LogP contribution < -0.4 is 15.2 Å². The van der Waals surface area contributed by atoms with E-state index in [0.29, 0.717) is 23.8 Å². The zero-order valence-electron chi connectivity index (χ0n) is 16.8. The molecule has 1 aliphatic carbocycles. The second-order valence-electron chi connectivity index (χ2n) is 7.84. The summed E-state index contributed by atoms with van der Waals surface area (Å²) >= 11 is 0. The molecule has 1 fully saturated rings. The van der Waals surface area contributed by atoms with Gasteiger partial charge in [-0.3, -0.25) is 4.90 Å². The van der Waals surface area contributed by atoms with Crippen molar-refractivity contribution in [3.05, 3.63) is 40.7 Å². The number of carbonyl (C=O) groups is 1. The average molecular weight is 398 g/mol. The van der Waals surface area contributed by atoms with E-state index in [0.717, 1.165) is 44.5 Å². The van der Waals surface area contributed by atoms with Gasteiger partial charge >= 0.3 is 5.97 Å². The topological polar surface area (TPSA) is 111 Å². The summed E-state index contributed by atoms with van der Waals surface area (Å²) in [5, 5.41) is 9.81. The van der Waals surface area contributed by atoms with E-state index in [4.69, 9.17) is 15.2 Å². The summed E-state index contributed by atoms with van der Waals surface area (Å²) in [6, 6.07) is 3.58. The molecule has 2 aliphatic rings. The summed E-state index contributed by atoms with van der Waals surface area (Å²) in [5.74, 6) is -0.0268. The number of carboxylic acids is 1. The Labute approximate surface area is 169 Å². The number of hydrogen-bond acceptors (Lipinski definition) is 7. The van der Waals surface area contributed by atoms with Gasteiger partial charge in [-0.05, 0) is 49.4 Å². The Morgan fingerprint density at radius 1 is 1.31 bits per heavy atom. The van der Waals surface area contributed by atoms with Gasteiger partial charge in [-0.2, -0.15) is 0 Å². The van der Waals surface area contributed by atoms with Gasteiger partial charge in [0.05, 0.1) is 19.9 Å². The number of rotatable bonds is 5. The first-order valence-electron chi connectivity index (χ1n) is 9.79. The Kier molecular flexibility index (Phi) is 5.04. The molecule has 2 heterocycles. The van der Waals surface area contributed by atoms with E-state index < -0.39 is 5.97 Å². The fourth-order valence-electron chi connectivity index (χ4n) is 4.89. The maximum Gasteiger partial charge on any atom is 0.339 e. The van der Waals surface area contributed by atoms with Crippen LogP contribution in [-0.4, -0.2) is 53.3 Å². The molecule has 29 heavy (non-hydrogen) atoms. The largest absolute Gasteiger partial charge is 0.493 e. The predicted octanol–water partition coefficient (Wildman–Crippen LogP) is 2.25. The molecular formula is C21H26N4O4. The van der Waals surface area contributed by atoms with E-state index in [-0.39, 0.29) is 16.7 Å². The highest BCUT2D eigenvalue weighted by Gasteiger charge is 2.43. The number of nitrogens with two attached hydrogens (primary N) is 1. The van der Waals surface area contributed by atoms with E-state index in [2.05, 4.69) is 14.9 Å². The van der Waals surface area contributed by atoms with Gasteiger partial charge in [-0.25, -0.2) is 14.8 Å². The molecule has 0 bridgehead atoms. The third-order valence-electron chi connectivity index (χ3n) is 6.15. The van der Waals surface area contributed by atoms with Gasteiger partial charge in [0.15, 0.2) is 11.5 Å². The van der Waals surface area contributed by atoms with Crippen molar-refractivity contribution in [3.63, 3.8) is 0 Å². The first-order chi connectivity index (χ1) is 14.0. The zero-order chi connectivity index (χ0) is 20.6. The molecule has 1 spiro atoms. The van der Waals surface area contributed by atoms with Crippen LogP contribution in [0.4, 0.5) is 5.95 Å². The fourth-order valence-corrected chi connectivity index (χ4v) is 4.89. The lowest BCUT2D eigenvalue weighted by Gasteiger charge is -2.40. The summed E-state index contributed by atoms with van der Waals surface area (Å²) in [7, 11) is 2.96. The first kappa shape index (κ1) is 19.4. The molecule has 0 radical (unpaired) electrons. The van der Waals surface area contributed by atoms with E-state index >= 15 is 0 Å². The molecule has 1 unspecified atom stereocenters. The number of aryl methyl sites for hydroxylation is 1. The van der Waals surface area contributed by atoms with Gasteiger partial charge in [0, 0.05) is 24.7 Å². The summed E-state index contributed by atoms with van der Waals surface area (Å²) in [5.41, 5.74) is 8.95. The van der Waals surface area contributed by atoms with Gasteiger partial charge in [-0.1, -0.05) is 6.07 Å². The van der Waals surface area contributed by atoms with E-state index in [1.807, 2.05) is 12.3 Å². The van der Waals surface area contributed by atoms with Gasteiger partial charge in [0.1, 0.15) is 5.56 Å². The number of nitrogens with zero attached hydrogens (tertiary/aromatic N) is 3. The molecule has 8 nitrogen and oxygen atoms in total. The van der Waals surface area contributed by atoms with Crippen molar-refractivity contribution in [2.24, 2.45) is 0 Å². The number of methoxy groups -OCH3 is 2. The lowest BCUT2D eigenvalue weighted by molar-refractivity contribution is 0.0688. The number of benzene rings is 1. The highest BCUT2D eigenvalue weighted by Crippen LogP contribution is 2.44. The van der Waals surface area contributed by atoms with Gasteiger partial charge in [0.25, 0.3) is 0 Å². The maximum absolute atomic E-state index is 12.0. The van der Waals surface area contributed by atoms with Crippen molar-refractivity contribution in [1.29, 1.82) is 0 Å². The Bertz CT molecular complexity index is 945. The summed E-state index contributed by atoms with van der Waals surface area (Å²) < 4.78 is 10.6. The van der Waals surface area contributed by atoms with Crippen molar-refractivity contribution in [1.82, 2.24) is 14.9 Å². The monoisotopic (exact) mass is 398 g/mol. The van der Waals surface area contributed by atoms with Gasteiger partial charge in [0.2, 0.25) is 5.95 Å². The minimum absolute atomic E-state index is 0.0371. The zero-order valence-corrected chi connectivity index (χ0v) is 16.8. The molecule has 1 atom stereocenters. The summed E-state index contributed by atoms with van der Waals surface area (Å²) in [4.78, 5) is 23.0. The molecule has 4 rings (SSSR count). The van der Waals surface area contributed by atoms with E-state index in [1.54, 1.807) is 6.07 Å². The molecule has 3 N–H and O–H groups in total. The minimum atomic E-state index is -1.02. The molecule has 1 aromatic carbocycles. The lowest BCUT2D eigenvalue weighted by Crippen LogP contribution is -2.45. The standard InChI is InChI=1S/C21H26N4O4/c1-28-15-5-4-14(16(19(26)27)17(15)29-2)11-25-9-3-7-21(12-25)8-6-13-10-23-20(22)24-18(13)21/h4-5,10H,3,6-9,11-12H2,1-2H3,(H,26,27)(H2,22,23,24). The Morgan fingerprint density at radius 2 is 2.14 bits per heavy atom. The van der Waals surface area contributed by atoms with Crippen molar-refractivity contribution in [2.45, 2.75) is 37.6 Å². The fraction of sp³-hybridized carbons (Fsp3) is 0.476. The number of anilines is 1. The molecule has 2 aromatic rings. The minimum Gasteiger partial charge on any atom is -0.493 e. The van der Waals surface area contributed by atoms with Crippen LogP contribution in [0, 0.1) is 0 Å². The summed E-state index contributed by atoms with van der Waals surface area (Å²) in [6.45, 7) is 2.26. The van der Waals surface area contributed by atoms with Crippen LogP contribution in [0.25, 0.3) is 0 Å². The first-order valence-corrected chi connectivity index (χ1v) is 9.79. The molecule has 8 heteroatoms. The molecule has 154 valence electrons. The average Bonchev–Trinajstić information content (AvgIpc) is 3.04. The van der Waals surface area contributed by atoms with Gasteiger partial charge in [-0.15, -0.1) is 0 Å². The normalized spacial score (nSPS) is 21.2. The third kappa shape index (κ3) is 3.37. The number of fused-ring (bicyclic) bond motifs is 2. The van der Waals surface area contributed by atoms with Crippen LogP contribution >= 0.6 is 0 Å². The Balaban J connectivity index is 1.64. The molecule has 1 saturated heterocycles. The SMILES string of the molecule is COc1ccc(CN2CCCC3(CCc4cnc(N)nc43)C2)c(C(=O)O)c1OC. The van der Waals surface area contributed by atoms with Crippen LogP contribution in [0.1, 0.15) is 46.4 Å². The lowest BCUT2D eigenvalue weighted by atomic mass is 9.77. The molecular weight excluding hydrogens is 372 g/mol. The second kappa shape index (κ2) is 7.51. The van der Waals surface area contributed by atoms with Crippen molar-refractivity contribution >= 4 is 11.9 Å². The van der Waals surface area contributed by atoms with Crippen molar-refractivity contribution in [2.75, 3.05) is 33.0 Å². The second-order valence-corrected chi connectivity index (χ2v) is 7.84. The van der Waals surface area contributed by atoms with E-state index in [9.17, 15) is 9.90 Å². The van der Waals surface area contributed by atoms with Crippen molar-refractivity contribution in [3.8, 4) is 11.5 Å². The number of likely N-dealkylation sites (tertiary alicyclic amines) is 1. The highest BCUT2D eigenvalue weighted by molar-refractivity contribution is 5.93. The molecule has 1 aromatic heterocycles. The van der Waals surface area contributed by atoms with Crippen molar-refractivity contribution < 1.29 is 19.4 Å². The van der Waals surface area contributed by atoms with Crippen LogP contribution in [0.5, 0.6) is 11.5 Å². The number of aromatic nitrogens is 2. The highest BCUT2D eigenvalue weighted by atomic mass is 16.5. The Hall–Kier alpha value is -2.87. The number of aromatic carboxylic acids is 1. The quantitative estimate of drug-likeness (QED) is 0.789. The summed E-state index contributed by atoms with van der Waals surface area (Å²) in [6.07, 6.45) is 5.92. The molecule has 0 saturated carbocycles. The van der Waals surface area contributed by atoms with Gasteiger partial charge < -0.3 is 20.3 Å². The Morgan fingerprint density at radius 3 is 2.86 bits per heavy atom. The van der Waals surface area contributed by atoms with E-state index in [1.165, 1.54) is 19.8 Å². The number of ether oxygens (including phenoxy) is 2. The predicted molar refractivity (Wildman–Crippen MR) is 107 cm³/mol. The number of nitrogen functional groups attached to an aromatic ring is 1. The van der Waals surface area contributed by atoms with Crippen LogP contribution in [0.3, 0.4) is 0 Å². The number of piperidine rings is 1. The van der Waals surface area contributed by atoms with Crippen LogP contribution in [0.2, 0.25) is 0 Å². The molecule has 1 aliphatic heterocycles. The van der Waals surface area contributed by atoms with Crippen LogP contribution in [0.15, 0.2) is 18.3 Å². The maximum atomic E-state index is 12.0. The number of carboxylic acid groups (broad SMARTS) is 1. The smallest absolute Gasteiger partial charge is 0.339 e. The van der Waals surface area contributed by atoms with Crippen LogP contribution in [-0.2, 0) is 18.4 Å².